The monoisotopic (exact) mass is 469 g/mol. The van der Waals surface area contributed by atoms with E-state index in [0.29, 0.717) is 45.5 Å². The van der Waals surface area contributed by atoms with E-state index in [0.717, 1.165) is 17.5 Å². The van der Waals surface area contributed by atoms with Crippen molar-refractivity contribution in [3.8, 4) is 11.1 Å². The summed E-state index contributed by atoms with van der Waals surface area (Å²) in [5.41, 5.74) is 8.35. The number of pyridine rings is 1. The van der Waals surface area contributed by atoms with Gasteiger partial charge in [0.1, 0.15) is 6.33 Å². The number of carbonyl (C=O) groups excluding carboxylic acids is 1. The summed E-state index contributed by atoms with van der Waals surface area (Å²) in [4.78, 5) is 27.3. The number of anilines is 2. The zero-order chi connectivity index (χ0) is 22.2. The van der Waals surface area contributed by atoms with Gasteiger partial charge in [-0.3, -0.25) is 4.79 Å². The van der Waals surface area contributed by atoms with Crippen molar-refractivity contribution in [2.45, 2.75) is 12.5 Å². The van der Waals surface area contributed by atoms with Gasteiger partial charge in [0.25, 0.3) is 5.91 Å². The van der Waals surface area contributed by atoms with Crippen molar-refractivity contribution in [1.82, 2.24) is 25.4 Å². The summed E-state index contributed by atoms with van der Waals surface area (Å²) in [6.07, 6.45) is 7.10. The van der Waals surface area contributed by atoms with Gasteiger partial charge in [0.2, 0.25) is 5.58 Å². The number of nitrogens with zero attached hydrogens (tertiary/aromatic N) is 5. The van der Waals surface area contributed by atoms with Gasteiger partial charge in [-0.15, -0.1) is 0 Å². The van der Waals surface area contributed by atoms with E-state index in [2.05, 4.69) is 25.4 Å². The average Bonchev–Trinajstić information content (AvgIpc) is 3.42. The number of amides is 1. The van der Waals surface area contributed by atoms with E-state index in [1.165, 1.54) is 12.5 Å². The van der Waals surface area contributed by atoms with E-state index in [4.69, 9.17) is 33.5 Å². The number of fused-ring (bicyclic) bond motifs is 1. The molecule has 0 radical (unpaired) electrons. The highest BCUT2D eigenvalue weighted by Gasteiger charge is 2.29. The van der Waals surface area contributed by atoms with Crippen molar-refractivity contribution in [2.24, 2.45) is 0 Å². The molecular formula is C21H17Cl2N7O2. The Labute approximate surface area is 192 Å². The van der Waals surface area contributed by atoms with Gasteiger partial charge in [-0.2, -0.15) is 0 Å². The Balaban J connectivity index is 1.30. The third kappa shape index (κ3) is 3.69. The minimum atomic E-state index is -0.240. The fourth-order valence-electron chi connectivity index (χ4n) is 3.81. The summed E-state index contributed by atoms with van der Waals surface area (Å²) in [5.74, 6) is 0.575. The van der Waals surface area contributed by atoms with Crippen LogP contribution in [0.25, 0.3) is 22.1 Å². The van der Waals surface area contributed by atoms with Crippen LogP contribution in [0.5, 0.6) is 0 Å². The van der Waals surface area contributed by atoms with Crippen LogP contribution in [0.2, 0.25) is 10.0 Å². The number of aromatic nitrogens is 4. The molecule has 1 aliphatic heterocycles. The Hall–Kier alpha value is -3.43. The van der Waals surface area contributed by atoms with E-state index in [9.17, 15) is 4.79 Å². The van der Waals surface area contributed by atoms with Crippen LogP contribution in [0.1, 0.15) is 16.8 Å². The molecule has 1 saturated heterocycles. The first-order chi connectivity index (χ1) is 15.5. The molecule has 5 rings (SSSR count). The Kier molecular flexibility index (Phi) is 5.28. The van der Waals surface area contributed by atoms with Gasteiger partial charge in [-0.05, 0) is 24.1 Å². The molecule has 1 aromatic carbocycles. The Bertz CT molecular complexity index is 1310. The number of halogens is 2. The summed E-state index contributed by atoms with van der Waals surface area (Å²) >= 11 is 12.6. The van der Waals surface area contributed by atoms with Crippen LogP contribution in [0.3, 0.4) is 0 Å². The molecule has 162 valence electrons. The van der Waals surface area contributed by atoms with Crippen molar-refractivity contribution in [2.75, 3.05) is 23.7 Å². The first-order valence-electron chi connectivity index (χ1n) is 9.81. The number of nitrogens with one attached hydrogen (secondary N) is 1. The number of nitrogen functional groups attached to an aromatic ring is 1. The van der Waals surface area contributed by atoms with Crippen LogP contribution in [-0.4, -0.2) is 45.1 Å². The standard InChI is InChI=1S/C21H17Cl2N7O2/c22-15-5-11(12-6-25-10-26-7-12)1-2-14(15)21(31)28-13-3-4-30(9-13)20-18-17(16(23)8-27-20)19(24)29-32-18/h1-2,5-8,10,13H,3-4,9H2,(H2,24,29)(H,28,31). The molecule has 1 unspecified atom stereocenters. The second-order valence-electron chi connectivity index (χ2n) is 7.43. The summed E-state index contributed by atoms with van der Waals surface area (Å²) in [5, 5.41) is 8.12. The predicted molar refractivity (Wildman–Crippen MR) is 122 cm³/mol. The fourth-order valence-corrected chi connectivity index (χ4v) is 4.31. The van der Waals surface area contributed by atoms with Crippen LogP contribution in [0, 0.1) is 0 Å². The summed E-state index contributed by atoms with van der Waals surface area (Å²) in [7, 11) is 0. The Morgan fingerprint density at radius 1 is 1.16 bits per heavy atom. The van der Waals surface area contributed by atoms with Crippen molar-refractivity contribution < 1.29 is 9.32 Å². The average molecular weight is 470 g/mol. The first kappa shape index (κ1) is 20.5. The molecule has 4 heterocycles. The second-order valence-corrected chi connectivity index (χ2v) is 8.24. The zero-order valence-corrected chi connectivity index (χ0v) is 18.1. The van der Waals surface area contributed by atoms with Gasteiger partial charge in [0.05, 0.1) is 21.0 Å². The fraction of sp³-hybridized carbons (Fsp3) is 0.190. The lowest BCUT2D eigenvalue weighted by atomic mass is 10.1. The normalized spacial score (nSPS) is 15.9. The molecule has 0 spiro atoms. The topological polar surface area (TPSA) is 123 Å². The molecule has 9 nitrogen and oxygen atoms in total. The maximum Gasteiger partial charge on any atom is 0.253 e. The molecule has 0 bridgehead atoms. The maximum atomic E-state index is 12.9. The van der Waals surface area contributed by atoms with E-state index in [-0.39, 0.29) is 17.8 Å². The summed E-state index contributed by atoms with van der Waals surface area (Å²) < 4.78 is 5.34. The van der Waals surface area contributed by atoms with Crippen LogP contribution in [0.15, 0.2) is 47.6 Å². The van der Waals surface area contributed by atoms with Crippen molar-refractivity contribution in [3.63, 3.8) is 0 Å². The van der Waals surface area contributed by atoms with Crippen LogP contribution in [0.4, 0.5) is 11.6 Å². The number of nitrogens with two attached hydrogens (primary N) is 1. The molecule has 3 N–H and O–H groups in total. The number of benzene rings is 1. The molecule has 3 aromatic heterocycles. The lowest BCUT2D eigenvalue weighted by Gasteiger charge is -2.18. The highest BCUT2D eigenvalue weighted by atomic mass is 35.5. The van der Waals surface area contributed by atoms with Gasteiger partial charge >= 0.3 is 0 Å². The van der Waals surface area contributed by atoms with Gasteiger partial charge in [0, 0.05) is 43.3 Å². The molecule has 1 amide bonds. The second kappa shape index (κ2) is 8.25. The Morgan fingerprint density at radius 3 is 2.75 bits per heavy atom. The minimum absolute atomic E-state index is 0.0893. The van der Waals surface area contributed by atoms with E-state index < -0.39 is 0 Å². The minimum Gasteiger partial charge on any atom is -0.380 e. The quantitative estimate of drug-likeness (QED) is 0.464. The number of rotatable bonds is 4. The van der Waals surface area contributed by atoms with Gasteiger partial charge in [-0.1, -0.05) is 34.4 Å². The first-order valence-corrected chi connectivity index (χ1v) is 10.6. The van der Waals surface area contributed by atoms with Crippen molar-refractivity contribution in [1.29, 1.82) is 0 Å². The SMILES string of the molecule is Nc1noc2c(N3CCC(NC(=O)c4ccc(-c5cncnc5)cc4Cl)C3)ncc(Cl)c12. The molecule has 4 aromatic rings. The third-order valence-corrected chi connectivity index (χ3v) is 5.99. The zero-order valence-electron chi connectivity index (χ0n) is 16.6. The summed E-state index contributed by atoms with van der Waals surface area (Å²) in [6.45, 7) is 1.23. The highest BCUT2D eigenvalue weighted by molar-refractivity contribution is 6.36. The lowest BCUT2D eigenvalue weighted by molar-refractivity contribution is 0.0940. The molecule has 11 heteroatoms. The molecule has 1 fully saturated rings. The Morgan fingerprint density at radius 2 is 1.97 bits per heavy atom. The smallest absolute Gasteiger partial charge is 0.253 e. The van der Waals surface area contributed by atoms with Crippen molar-refractivity contribution in [3.05, 3.63) is 58.7 Å². The van der Waals surface area contributed by atoms with E-state index in [1.54, 1.807) is 24.5 Å². The largest absolute Gasteiger partial charge is 0.380 e. The third-order valence-electron chi connectivity index (χ3n) is 5.39. The molecule has 0 saturated carbocycles. The predicted octanol–water partition coefficient (Wildman–Crippen LogP) is 3.58. The van der Waals surface area contributed by atoms with E-state index >= 15 is 0 Å². The number of carbonyl (C=O) groups is 1. The molecule has 1 atom stereocenters. The highest BCUT2D eigenvalue weighted by Crippen LogP contribution is 2.35. The lowest BCUT2D eigenvalue weighted by Crippen LogP contribution is -2.37. The van der Waals surface area contributed by atoms with E-state index in [1.807, 2.05) is 11.0 Å². The van der Waals surface area contributed by atoms with Crippen LogP contribution < -0.4 is 16.0 Å². The molecular weight excluding hydrogens is 453 g/mol. The van der Waals surface area contributed by atoms with Crippen molar-refractivity contribution >= 4 is 51.7 Å². The molecule has 0 aliphatic carbocycles. The molecule has 32 heavy (non-hydrogen) atoms. The number of hydrogen-bond donors (Lipinski definition) is 2. The maximum absolute atomic E-state index is 12.9. The van der Waals surface area contributed by atoms with Gasteiger partial charge in [0.15, 0.2) is 11.6 Å². The van der Waals surface area contributed by atoms with Gasteiger partial charge in [-0.25, -0.2) is 15.0 Å². The molecule has 1 aliphatic rings. The van der Waals surface area contributed by atoms with Crippen LogP contribution in [-0.2, 0) is 0 Å². The van der Waals surface area contributed by atoms with Crippen LogP contribution >= 0.6 is 23.2 Å². The summed E-state index contributed by atoms with van der Waals surface area (Å²) in [6, 6.07) is 5.17. The van der Waals surface area contributed by atoms with Gasteiger partial charge < -0.3 is 20.5 Å². The number of hydrogen-bond acceptors (Lipinski definition) is 8.